The van der Waals surface area contributed by atoms with Crippen molar-refractivity contribution in [1.82, 2.24) is 0 Å². The zero-order valence-electron chi connectivity index (χ0n) is 8.37. The zero-order chi connectivity index (χ0) is 10.2. The Hall–Kier alpha value is -0.760. The van der Waals surface area contributed by atoms with Gasteiger partial charge in [-0.25, -0.2) is 0 Å². The number of hydrogen-bond acceptors (Lipinski definition) is 1. The van der Waals surface area contributed by atoms with Crippen LogP contribution in [0.1, 0.15) is 12.0 Å². The number of para-hydroxylation sites is 1. The summed E-state index contributed by atoms with van der Waals surface area (Å²) in [6.07, 6.45) is 6.38. The Bertz CT molecular complexity index is 294. The molecule has 0 aliphatic rings. The SMILES string of the molecule is COc1ccccc1CC=CCCBr. The molecule has 0 atom stereocenters. The molecule has 0 heterocycles. The summed E-state index contributed by atoms with van der Waals surface area (Å²) in [6.45, 7) is 0. The highest BCUT2D eigenvalue weighted by molar-refractivity contribution is 9.09. The highest BCUT2D eigenvalue weighted by atomic mass is 79.9. The molecule has 1 aromatic carbocycles. The van der Waals surface area contributed by atoms with E-state index in [1.54, 1.807) is 7.11 Å². The van der Waals surface area contributed by atoms with Gasteiger partial charge in [-0.2, -0.15) is 0 Å². The Morgan fingerprint density at radius 1 is 1.29 bits per heavy atom. The molecule has 14 heavy (non-hydrogen) atoms. The number of allylic oxidation sites excluding steroid dienone is 2. The third-order valence-electron chi connectivity index (χ3n) is 1.97. The van der Waals surface area contributed by atoms with E-state index in [0.29, 0.717) is 0 Å². The number of hydrogen-bond donors (Lipinski definition) is 0. The van der Waals surface area contributed by atoms with Gasteiger partial charge in [0.15, 0.2) is 0 Å². The molecular formula is C12H15BrO. The molecule has 76 valence electrons. The smallest absolute Gasteiger partial charge is 0.122 e. The van der Waals surface area contributed by atoms with Crippen molar-refractivity contribution in [3.63, 3.8) is 0 Å². The number of alkyl halides is 1. The van der Waals surface area contributed by atoms with Gasteiger partial charge in [0, 0.05) is 5.33 Å². The number of ether oxygens (including phenoxy) is 1. The molecule has 0 fully saturated rings. The summed E-state index contributed by atoms with van der Waals surface area (Å²) in [5.41, 5.74) is 1.24. The van der Waals surface area contributed by atoms with E-state index in [1.165, 1.54) is 5.56 Å². The Balaban J connectivity index is 2.57. The van der Waals surface area contributed by atoms with Crippen LogP contribution in [0.4, 0.5) is 0 Å². The van der Waals surface area contributed by atoms with E-state index in [1.807, 2.05) is 18.2 Å². The van der Waals surface area contributed by atoms with Crippen LogP contribution in [0.2, 0.25) is 0 Å². The van der Waals surface area contributed by atoms with Crippen LogP contribution >= 0.6 is 15.9 Å². The van der Waals surface area contributed by atoms with E-state index in [-0.39, 0.29) is 0 Å². The fourth-order valence-electron chi connectivity index (χ4n) is 1.26. The Morgan fingerprint density at radius 3 is 2.79 bits per heavy atom. The lowest BCUT2D eigenvalue weighted by atomic mass is 10.1. The summed E-state index contributed by atoms with van der Waals surface area (Å²) in [5, 5.41) is 1.02. The van der Waals surface area contributed by atoms with Crippen molar-refractivity contribution in [1.29, 1.82) is 0 Å². The lowest BCUT2D eigenvalue weighted by Gasteiger charge is -2.04. The molecule has 0 unspecified atom stereocenters. The molecule has 1 nitrogen and oxygen atoms in total. The largest absolute Gasteiger partial charge is 0.496 e. The van der Waals surface area contributed by atoms with Gasteiger partial charge in [-0.1, -0.05) is 46.3 Å². The van der Waals surface area contributed by atoms with E-state index in [4.69, 9.17) is 4.74 Å². The van der Waals surface area contributed by atoms with Crippen LogP contribution in [0.3, 0.4) is 0 Å². The monoisotopic (exact) mass is 254 g/mol. The molecule has 0 N–H and O–H groups in total. The molecule has 1 rings (SSSR count). The second-order valence-electron chi connectivity index (χ2n) is 2.97. The third kappa shape index (κ3) is 3.54. The van der Waals surface area contributed by atoms with Crippen molar-refractivity contribution >= 4 is 15.9 Å². The molecule has 0 saturated heterocycles. The van der Waals surface area contributed by atoms with Gasteiger partial charge in [0.05, 0.1) is 7.11 Å². The number of rotatable bonds is 5. The molecule has 0 bridgehead atoms. The van der Waals surface area contributed by atoms with E-state index < -0.39 is 0 Å². The molecule has 0 amide bonds. The molecule has 0 saturated carbocycles. The van der Waals surface area contributed by atoms with Crippen LogP contribution in [-0.4, -0.2) is 12.4 Å². The highest BCUT2D eigenvalue weighted by Gasteiger charge is 1.97. The predicted molar refractivity (Wildman–Crippen MR) is 64.2 cm³/mol. The van der Waals surface area contributed by atoms with Crippen LogP contribution in [0.5, 0.6) is 5.75 Å². The first-order valence-corrected chi connectivity index (χ1v) is 5.83. The van der Waals surface area contributed by atoms with Gasteiger partial charge in [0.1, 0.15) is 5.75 Å². The maximum Gasteiger partial charge on any atom is 0.122 e. The van der Waals surface area contributed by atoms with Gasteiger partial charge in [0.2, 0.25) is 0 Å². The summed E-state index contributed by atoms with van der Waals surface area (Å²) < 4.78 is 5.26. The fourth-order valence-corrected chi connectivity index (χ4v) is 1.53. The van der Waals surface area contributed by atoms with Gasteiger partial charge >= 0.3 is 0 Å². The molecule has 0 aliphatic carbocycles. The molecular weight excluding hydrogens is 240 g/mol. The van der Waals surface area contributed by atoms with Crippen molar-refractivity contribution in [2.75, 3.05) is 12.4 Å². The fraction of sp³-hybridized carbons (Fsp3) is 0.333. The lowest BCUT2D eigenvalue weighted by Crippen LogP contribution is -1.89. The second kappa shape index (κ2) is 6.66. The number of benzene rings is 1. The standard InChI is InChI=1S/C12H15BrO/c1-14-12-9-5-4-8-11(12)7-3-2-6-10-13/h2-5,8-9H,6-7,10H2,1H3. The first-order valence-electron chi connectivity index (χ1n) is 4.71. The zero-order valence-corrected chi connectivity index (χ0v) is 9.96. The van der Waals surface area contributed by atoms with Crippen molar-refractivity contribution in [3.8, 4) is 5.75 Å². The maximum atomic E-state index is 5.26. The molecule has 0 radical (unpaired) electrons. The van der Waals surface area contributed by atoms with Gasteiger partial charge in [-0.05, 0) is 24.5 Å². The van der Waals surface area contributed by atoms with Crippen molar-refractivity contribution in [2.45, 2.75) is 12.8 Å². The van der Waals surface area contributed by atoms with E-state index >= 15 is 0 Å². The van der Waals surface area contributed by atoms with E-state index in [9.17, 15) is 0 Å². The van der Waals surface area contributed by atoms with Gasteiger partial charge in [0.25, 0.3) is 0 Å². The van der Waals surface area contributed by atoms with E-state index in [0.717, 1.165) is 23.9 Å². The lowest BCUT2D eigenvalue weighted by molar-refractivity contribution is 0.410. The molecule has 0 aliphatic heterocycles. The minimum absolute atomic E-state index is 0.941. The van der Waals surface area contributed by atoms with Crippen LogP contribution in [-0.2, 0) is 6.42 Å². The topological polar surface area (TPSA) is 9.23 Å². The van der Waals surface area contributed by atoms with Gasteiger partial charge in [-0.3, -0.25) is 0 Å². The average Bonchev–Trinajstić information content (AvgIpc) is 2.25. The van der Waals surface area contributed by atoms with Crippen molar-refractivity contribution < 1.29 is 4.74 Å². The second-order valence-corrected chi connectivity index (χ2v) is 3.76. The number of methoxy groups -OCH3 is 1. The van der Waals surface area contributed by atoms with Crippen LogP contribution < -0.4 is 4.74 Å². The molecule has 0 spiro atoms. The molecule has 1 aromatic rings. The Labute approximate surface area is 93.9 Å². The van der Waals surface area contributed by atoms with Gasteiger partial charge < -0.3 is 4.74 Å². The van der Waals surface area contributed by atoms with E-state index in [2.05, 4.69) is 34.1 Å². The summed E-state index contributed by atoms with van der Waals surface area (Å²) in [4.78, 5) is 0. The average molecular weight is 255 g/mol. The normalized spacial score (nSPS) is 10.7. The first-order chi connectivity index (χ1) is 6.88. The maximum absolute atomic E-state index is 5.26. The van der Waals surface area contributed by atoms with Crippen LogP contribution in [0.15, 0.2) is 36.4 Å². The summed E-state index contributed by atoms with van der Waals surface area (Å²) in [6, 6.07) is 8.12. The minimum atomic E-state index is 0.941. The van der Waals surface area contributed by atoms with Crippen LogP contribution in [0.25, 0.3) is 0 Å². The Kier molecular flexibility index (Phi) is 5.38. The minimum Gasteiger partial charge on any atom is -0.496 e. The number of halogens is 1. The summed E-state index contributed by atoms with van der Waals surface area (Å²) in [7, 11) is 1.71. The summed E-state index contributed by atoms with van der Waals surface area (Å²) >= 11 is 3.39. The first kappa shape index (κ1) is 11.3. The summed E-state index contributed by atoms with van der Waals surface area (Å²) in [5.74, 6) is 0.969. The predicted octanol–water partition coefficient (Wildman–Crippen LogP) is 3.58. The van der Waals surface area contributed by atoms with Crippen molar-refractivity contribution in [3.05, 3.63) is 42.0 Å². The van der Waals surface area contributed by atoms with Gasteiger partial charge in [-0.15, -0.1) is 0 Å². The molecule has 2 heteroatoms. The third-order valence-corrected chi connectivity index (χ3v) is 2.43. The molecule has 0 aromatic heterocycles. The quantitative estimate of drug-likeness (QED) is 0.577. The Morgan fingerprint density at radius 2 is 2.07 bits per heavy atom. The highest BCUT2D eigenvalue weighted by Crippen LogP contribution is 2.17. The van der Waals surface area contributed by atoms with Crippen LogP contribution in [0, 0.1) is 0 Å². The van der Waals surface area contributed by atoms with Crippen molar-refractivity contribution in [2.24, 2.45) is 0 Å².